The number of ether oxygens (including phenoxy) is 1. The van der Waals surface area contributed by atoms with Crippen molar-refractivity contribution in [1.29, 1.82) is 0 Å². The van der Waals surface area contributed by atoms with Crippen LogP contribution in [0.4, 0.5) is 14.5 Å². The molecule has 1 saturated carbocycles. The average molecular weight is 396 g/mol. The maximum Gasteiger partial charge on any atom is 0.282 e. The Morgan fingerprint density at radius 1 is 1.36 bits per heavy atom. The van der Waals surface area contributed by atoms with E-state index in [4.69, 9.17) is 10.5 Å². The standard InChI is InChI=1S/C19H26F2N4O3/c1-11(2)14(7-16(22)26)23-17(27)13-5-6-15(25-9-19(20,21)10-25)18(24-13)28-8-12-3-4-12/h5-6,11-12,14H,3-4,7-10H2,1-2H3,(H2,22,26)(H,23,27). The van der Waals surface area contributed by atoms with Crippen LogP contribution in [0.25, 0.3) is 0 Å². The van der Waals surface area contributed by atoms with Crippen LogP contribution < -0.4 is 20.7 Å². The molecule has 0 spiro atoms. The van der Waals surface area contributed by atoms with E-state index in [0.29, 0.717) is 18.2 Å². The fourth-order valence-corrected chi connectivity index (χ4v) is 2.98. The highest BCUT2D eigenvalue weighted by Gasteiger charge is 2.45. The summed E-state index contributed by atoms with van der Waals surface area (Å²) in [5.74, 6) is -3.05. The fourth-order valence-electron chi connectivity index (χ4n) is 2.98. The van der Waals surface area contributed by atoms with Crippen molar-refractivity contribution in [1.82, 2.24) is 10.3 Å². The highest BCUT2D eigenvalue weighted by molar-refractivity contribution is 5.93. The van der Waals surface area contributed by atoms with Crippen molar-refractivity contribution in [3.63, 3.8) is 0 Å². The lowest BCUT2D eigenvalue weighted by atomic mass is 10.0. The highest BCUT2D eigenvalue weighted by atomic mass is 19.3. The van der Waals surface area contributed by atoms with Crippen molar-refractivity contribution >= 4 is 17.5 Å². The number of pyridine rings is 1. The summed E-state index contributed by atoms with van der Waals surface area (Å²) in [5, 5.41) is 2.77. The first kappa shape index (κ1) is 20.3. The molecule has 1 aliphatic heterocycles. The Hall–Kier alpha value is -2.45. The molecule has 0 bridgehead atoms. The van der Waals surface area contributed by atoms with Crippen LogP contribution in [0.3, 0.4) is 0 Å². The summed E-state index contributed by atoms with van der Waals surface area (Å²) < 4.78 is 32.3. The Morgan fingerprint density at radius 3 is 2.57 bits per heavy atom. The van der Waals surface area contributed by atoms with Crippen molar-refractivity contribution in [2.45, 2.75) is 45.1 Å². The van der Waals surface area contributed by atoms with Crippen LogP contribution in [0.1, 0.15) is 43.6 Å². The number of halogens is 2. The van der Waals surface area contributed by atoms with Gasteiger partial charge in [-0.3, -0.25) is 9.59 Å². The van der Waals surface area contributed by atoms with Gasteiger partial charge in [0, 0.05) is 12.5 Å². The minimum atomic E-state index is -2.72. The Bertz CT molecular complexity index is 745. The molecule has 2 aliphatic rings. The molecule has 3 N–H and O–H groups in total. The lowest BCUT2D eigenvalue weighted by Crippen LogP contribution is -2.56. The molecule has 2 heterocycles. The number of anilines is 1. The lowest BCUT2D eigenvalue weighted by Gasteiger charge is -2.40. The summed E-state index contributed by atoms with van der Waals surface area (Å²) in [4.78, 5) is 29.6. The summed E-state index contributed by atoms with van der Waals surface area (Å²) >= 11 is 0. The zero-order valence-corrected chi connectivity index (χ0v) is 16.1. The number of nitrogens with one attached hydrogen (secondary N) is 1. The molecule has 2 fully saturated rings. The fraction of sp³-hybridized carbons (Fsp3) is 0.632. The molecular formula is C19H26F2N4O3. The summed E-state index contributed by atoms with van der Waals surface area (Å²) in [5.41, 5.74) is 5.81. The van der Waals surface area contributed by atoms with E-state index in [0.717, 1.165) is 12.8 Å². The molecule has 1 unspecified atom stereocenters. The van der Waals surface area contributed by atoms with Gasteiger partial charge in [0.15, 0.2) is 0 Å². The average Bonchev–Trinajstić information content (AvgIpc) is 3.40. The second-order valence-corrected chi connectivity index (χ2v) is 7.98. The van der Waals surface area contributed by atoms with Crippen molar-refractivity contribution < 1.29 is 23.1 Å². The van der Waals surface area contributed by atoms with E-state index in [9.17, 15) is 18.4 Å². The highest BCUT2D eigenvalue weighted by Crippen LogP contribution is 2.37. The van der Waals surface area contributed by atoms with E-state index in [1.54, 1.807) is 6.07 Å². The van der Waals surface area contributed by atoms with E-state index >= 15 is 0 Å². The van der Waals surface area contributed by atoms with E-state index in [-0.39, 0.29) is 23.9 Å². The number of nitrogens with zero attached hydrogens (tertiary/aromatic N) is 2. The molecular weight excluding hydrogens is 370 g/mol. The normalized spacial score (nSPS) is 19.1. The van der Waals surface area contributed by atoms with Gasteiger partial charge in [-0.2, -0.15) is 0 Å². The van der Waals surface area contributed by atoms with Gasteiger partial charge in [0.05, 0.1) is 19.7 Å². The van der Waals surface area contributed by atoms with Crippen LogP contribution in [0, 0.1) is 11.8 Å². The van der Waals surface area contributed by atoms with Gasteiger partial charge in [-0.1, -0.05) is 13.8 Å². The monoisotopic (exact) mass is 396 g/mol. The van der Waals surface area contributed by atoms with E-state index in [2.05, 4.69) is 10.3 Å². The van der Waals surface area contributed by atoms with Crippen LogP contribution in [-0.4, -0.2) is 48.5 Å². The van der Waals surface area contributed by atoms with Gasteiger partial charge in [0.25, 0.3) is 11.8 Å². The second-order valence-electron chi connectivity index (χ2n) is 7.98. The Morgan fingerprint density at radius 2 is 2.04 bits per heavy atom. The first-order chi connectivity index (χ1) is 13.1. The first-order valence-electron chi connectivity index (χ1n) is 9.50. The molecule has 0 radical (unpaired) electrons. The molecule has 28 heavy (non-hydrogen) atoms. The van der Waals surface area contributed by atoms with Crippen LogP contribution in [0.2, 0.25) is 0 Å². The molecule has 1 atom stereocenters. The molecule has 0 aromatic carbocycles. The van der Waals surface area contributed by atoms with Gasteiger partial charge in [-0.25, -0.2) is 13.8 Å². The van der Waals surface area contributed by atoms with Crippen LogP contribution in [0.15, 0.2) is 12.1 Å². The number of carbonyl (C=O) groups excluding carboxylic acids is 2. The number of primary amides is 1. The molecule has 2 amide bonds. The zero-order chi connectivity index (χ0) is 20.5. The maximum atomic E-state index is 13.3. The Labute approximate surface area is 162 Å². The molecule has 3 rings (SSSR count). The van der Waals surface area contributed by atoms with Gasteiger partial charge in [-0.15, -0.1) is 0 Å². The van der Waals surface area contributed by atoms with Crippen molar-refractivity contribution in [2.75, 3.05) is 24.6 Å². The van der Waals surface area contributed by atoms with Gasteiger partial charge < -0.3 is 20.7 Å². The van der Waals surface area contributed by atoms with Crippen molar-refractivity contribution in [3.8, 4) is 5.88 Å². The minimum Gasteiger partial charge on any atom is -0.476 e. The summed E-state index contributed by atoms with van der Waals surface area (Å²) in [7, 11) is 0. The quantitative estimate of drug-likeness (QED) is 0.665. The van der Waals surface area contributed by atoms with Gasteiger partial charge in [0.1, 0.15) is 11.4 Å². The van der Waals surface area contributed by atoms with Crippen molar-refractivity contribution in [2.24, 2.45) is 17.6 Å². The van der Waals surface area contributed by atoms with Crippen LogP contribution in [0.5, 0.6) is 5.88 Å². The number of nitrogens with two attached hydrogens (primary N) is 1. The summed E-state index contributed by atoms with van der Waals surface area (Å²) in [6, 6.07) is 2.64. The molecule has 154 valence electrons. The number of aromatic nitrogens is 1. The van der Waals surface area contributed by atoms with E-state index in [1.165, 1.54) is 11.0 Å². The first-order valence-corrected chi connectivity index (χ1v) is 9.50. The number of hydrogen-bond donors (Lipinski definition) is 2. The molecule has 1 saturated heterocycles. The Kier molecular flexibility index (Phi) is 5.71. The number of hydrogen-bond acceptors (Lipinski definition) is 5. The lowest BCUT2D eigenvalue weighted by molar-refractivity contribution is -0.118. The smallest absolute Gasteiger partial charge is 0.282 e. The molecule has 1 aromatic rings. The molecule has 1 aromatic heterocycles. The second kappa shape index (κ2) is 7.89. The zero-order valence-electron chi connectivity index (χ0n) is 16.1. The molecule has 9 heteroatoms. The third-order valence-corrected chi connectivity index (χ3v) is 4.95. The topological polar surface area (TPSA) is 97.5 Å². The number of carbonyl (C=O) groups is 2. The number of alkyl halides is 2. The SMILES string of the molecule is CC(C)C(CC(N)=O)NC(=O)c1ccc(N2CC(F)(F)C2)c(OCC2CC2)n1. The van der Waals surface area contributed by atoms with Gasteiger partial charge in [0.2, 0.25) is 11.8 Å². The van der Waals surface area contributed by atoms with Gasteiger partial charge in [-0.05, 0) is 36.8 Å². The van der Waals surface area contributed by atoms with Crippen molar-refractivity contribution in [3.05, 3.63) is 17.8 Å². The van der Waals surface area contributed by atoms with E-state index in [1.807, 2.05) is 13.8 Å². The van der Waals surface area contributed by atoms with Gasteiger partial charge >= 0.3 is 0 Å². The Balaban J connectivity index is 1.75. The maximum absolute atomic E-state index is 13.3. The molecule has 7 nitrogen and oxygen atoms in total. The summed E-state index contributed by atoms with van der Waals surface area (Å²) in [6.07, 6.45) is 2.16. The molecule has 1 aliphatic carbocycles. The number of amides is 2. The third-order valence-electron chi connectivity index (χ3n) is 4.95. The van der Waals surface area contributed by atoms with Crippen LogP contribution >= 0.6 is 0 Å². The summed E-state index contributed by atoms with van der Waals surface area (Å²) in [6.45, 7) is 3.41. The van der Waals surface area contributed by atoms with Crippen LogP contribution in [-0.2, 0) is 4.79 Å². The predicted molar refractivity (Wildman–Crippen MR) is 99.5 cm³/mol. The third kappa shape index (κ3) is 5.08. The minimum absolute atomic E-state index is 0.00429. The number of rotatable bonds is 9. The van der Waals surface area contributed by atoms with E-state index < -0.39 is 36.9 Å². The largest absolute Gasteiger partial charge is 0.476 e. The predicted octanol–water partition coefficient (Wildman–Crippen LogP) is 1.96.